The van der Waals surface area contributed by atoms with Crippen molar-refractivity contribution in [1.82, 2.24) is 15.5 Å². The normalized spacial score (nSPS) is 10.6. The fourth-order valence-corrected chi connectivity index (χ4v) is 2.50. The van der Waals surface area contributed by atoms with E-state index in [1.165, 1.54) is 18.2 Å². The maximum Gasteiger partial charge on any atom is 0.269 e. The fraction of sp³-hybridized carbons (Fsp3) is 0.0588. The third kappa shape index (κ3) is 3.75. The van der Waals surface area contributed by atoms with E-state index in [2.05, 4.69) is 15.5 Å². The Morgan fingerprint density at radius 3 is 2.58 bits per heavy atom. The summed E-state index contributed by atoms with van der Waals surface area (Å²) in [6.45, 7) is 0.188. The highest BCUT2D eigenvalue weighted by atomic mass is 35.5. The number of rotatable bonds is 4. The molecule has 122 valence electrons. The summed E-state index contributed by atoms with van der Waals surface area (Å²) in [5, 5.41) is 10.4. The first-order chi connectivity index (χ1) is 11.5. The minimum Gasteiger partial charge on any atom is -0.347 e. The molecule has 0 atom stereocenters. The van der Waals surface area contributed by atoms with Crippen LogP contribution in [0.25, 0.3) is 11.3 Å². The molecule has 0 radical (unpaired) electrons. The molecule has 0 aliphatic heterocycles. The lowest BCUT2D eigenvalue weighted by Crippen LogP contribution is -2.23. The minimum atomic E-state index is -0.420. The van der Waals surface area contributed by atoms with Gasteiger partial charge in [-0.3, -0.25) is 9.89 Å². The standard InChI is InChI=1S/C17H12Cl2FN3O/c18-12-4-1-10(2-5-12)15-8-16(23-22-15)17(24)21-9-11-3-6-13(20)7-14(11)19/h1-8H,9H2,(H,21,24)(H,22,23). The molecule has 1 amide bonds. The van der Waals surface area contributed by atoms with E-state index in [4.69, 9.17) is 23.2 Å². The predicted octanol–water partition coefficient (Wildman–Crippen LogP) is 4.45. The summed E-state index contributed by atoms with van der Waals surface area (Å²) in [4.78, 5) is 12.2. The first kappa shape index (κ1) is 16.5. The lowest BCUT2D eigenvalue weighted by molar-refractivity contribution is 0.0946. The number of H-pyrrole nitrogens is 1. The Hall–Kier alpha value is -2.37. The molecule has 3 aromatic rings. The Bertz CT molecular complexity index is 878. The number of hydrogen-bond acceptors (Lipinski definition) is 2. The number of aromatic nitrogens is 2. The second kappa shape index (κ2) is 7.03. The van der Waals surface area contributed by atoms with Crippen LogP contribution in [0.4, 0.5) is 4.39 Å². The molecule has 0 fully saturated rings. The van der Waals surface area contributed by atoms with Gasteiger partial charge in [-0.1, -0.05) is 41.4 Å². The quantitative estimate of drug-likeness (QED) is 0.719. The van der Waals surface area contributed by atoms with Crippen molar-refractivity contribution in [2.24, 2.45) is 0 Å². The molecule has 0 aliphatic rings. The molecular weight excluding hydrogens is 352 g/mol. The second-order valence-corrected chi connectivity index (χ2v) is 5.94. The van der Waals surface area contributed by atoms with Crippen LogP contribution < -0.4 is 5.32 Å². The Labute approximate surface area is 147 Å². The van der Waals surface area contributed by atoms with Crippen LogP contribution in [-0.4, -0.2) is 16.1 Å². The summed E-state index contributed by atoms with van der Waals surface area (Å²) in [5.74, 6) is -0.751. The maximum atomic E-state index is 13.0. The number of aromatic amines is 1. The molecule has 7 heteroatoms. The number of hydrogen-bond donors (Lipinski definition) is 2. The third-order valence-electron chi connectivity index (χ3n) is 3.42. The highest BCUT2D eigenvalue weighted by Gasteiger charge is 2.12. The van der Waals surface area contributed by atoms with E-state index in [-0.39, 0.29) is 17.5 Å². The van der Waals surface area contributed by atoms with Gasteiger partial charge in [0.1, 0.15) is 11.5 Å². The number of benzene rings is 2. The van der Waals surface area contributed by atoms with Crippen molar-refractivity contribution < 1.29 is 9.18 Å². The molecule has 0 spiro atoms. The van der Waals surface area contributed by atoms with E-state index in [9.17, 15) is 9.18 Å². The van der Waals surface area contributed by atoms with Gasteiger partial charge >= 0.3 is 0 Å². The Morgan fingerprint density at radius 2 is 1.88 bits per heavy atom. The van der Waals surface area contributed by atoms with Crippen molar-refractivity contribution in [3.63, 3.8) is 0 Å². The molecule has 0 aliphatic carbocycles. The predicted molar refractivity (Wildman–Crippen MR) is 91.6 cm³/mol. The van der Waals surface area contributed by atoms with Gasteiger partial charge in [-0.05, 0) is 35.9 Å². The van der Waals surface area contributed by atoms with Crippen LogP contribution in [0, 0.1) is 5.82 Å². The van der Waals surface area contributed by atoms with Gasteiger partial charge in [-0.25, -0.2) is 4.39 Å². The van der Waals surface area contributed by atoms with E-state index >= 15 is 0 Å². The van der Waals surface area contributed by atoms with Crippen LogP contribution in [0.15, 0.2) is 48.5 Å². The van der Waals surface area contributed by atoms with Crippen LogP contribution in [0.1, 0.15) is 16.1 Å². The van der Waals surface area contributed by atoms with Crippen molar-refractivity contribution in [3.05, 3.63) is 75.7 Å². The van der Waals surface area contributed by atoms with E-state index in [0.717, 1.165) is 5.56 Å². The summed E-state index contributed by atoms with van der Waals surface area (Å²) in [5.41, 5.74) is 2.43. The van der Waals surface area contributed by atoms with E-state index in [1.54, 1.807) is 18.2 Å². The molecule has 24 heavy (non-hydrogen) atoms. The number of nitrogens with zero attached hydrogens (tertiary/aromatic N) is 1. The van der Waals surface area contributed by atoms with E-state index < -0.39 is 5.82 Å². The van der Waals surface area contributed by atoms with Crippen LogP contribution in [0.5, 0.6) is 0 Å². The number of nitrogens with one attached hydrogen (secondary N) is 2. The van der Waals surface area contributed by atoms with Gasteiger partial charge in [0.25, 0.3) is 5.91 Å². The van der Waals surface area contributed by atoms with Crippen molar-refractivity contribution in [3.8, 4) is 11.3 Å². The zero-order valence-corrected chi connectivity index (χ0v) is 13.8. The lowest BCUT2D eigenvalue weighted by atomic mass is 10.1. The van der Waals surface area contributed by atoms with Gasteiger partial charge in [0.05, 0.1) is 5.69 Å². The third-order valence-corrected chi connectivity index (χ3v) is 4.02. The average Bonchev–Trinajstić information content (AvgIpc) is 3.04. The zero-order chi connectivity index (χ0) is 17.1. The van der Waals surface area contributed by atoms with Gasteiger partial charge in [0, 0.05) is 22.2 Å². The van der Waals surface area contributed by atoms with Crippen LogP contribution in [0.2, 0.25) is 10.0 Å². The molecule has 1 aromatic heterocycles. The molecule has 1 heterocycles. The number of amides is 1. The zero-order valence-electron chi connectivity index (χ0n) is 12.3. The second-order valence-electron chi connectivity index (χ2n) is 5.09. The Morgan fingerprint density at radius 1 is 1.12 bits per heavy atom. The average molecular weight is 364 g/mol. The number of carbonyl (C=O) groups is 1. The van der Waals surface area contributed by atoms with Crippen molar-refractivity contribution in [1.29, 1.82) is 0 Å². The summed E-state index contributed by atoms with van der Waals surface area (Å²) in [6, 6.07) is 12.8. The highest BCUT2D eigenvalue weighted by Crippen LogP contribution is 2.20. The van der Waals surface area contributed by atoms with E-state index in [0.29, 0.717) is 22.0 Å². The minimum absolute atomic E-state index is 0.188. The van der Waals surface area contributed by atoms with E-state index in [1.807, 2.05) is 12.1 Å². The fourth-order valence-electron chi connectivity index (χ4n) is 2.14. The van der Waals surface area contributed by atoms with Gasteiger partial charge in [-0.15, -0.1) is 0 Å². The topological polar surface area (TPSA) is 57.8 Å². The van der Waals surface area contributed by atoms with Crippen molar-refractivity contribution >= 4 is 29.1 Å². The molecule has 0 saturated carbocycles. The summed E-state index contributed by atoms with van der Waals surface area (Å²) in [6.07, 6.45) is 0. The Balaban J connectivity index is 1.68. The van der Waals surface area contributed by atoms with Crippen molar-refractivity contribution in [2.75, 3.05) is 0 Å². The van der Waals surface area contributed by atoms with Gasteiger partial charge < -0.3 is 5.32 Å². The molecule has 0 bridgehead atoms. The SMILES string of the molecule is O=C(NCc1ccc(F)cc1Cl)c1cc(-c2ccc(Cl)cc2)n[nH]1. The summed E-state index contributed by atoms with van der Waals surface area (Å²) < 4.78 is 13.0. The molecule has 0 saturated heterocycles. The van der Waals surface area contributed by atoms with Crippen molar-refractivity contribution in [2.45, 2.75) is 6.54 Å². The van der Waals surface area contributed by atoms with Crippen LogP contribution >= 0.6 is 23.2 Å². The summed E-state index contributed by atoms with van der Waals surface area (Å²) >= 11 is 11.8. The summed E-state index contributed by atoms with van der Waals surface area (Å²) in [7, 11) is 0. The monoisotopic (exact) mass is 363 g/mol. The molecular formula is C17H12Cl2FN3O. The Kier molecular flexibility index (Phi) is 4.83. The van der Waals surface area contributed by atoms with Crippen LogP contribution in [0.3, 0.4) is 0 Å². The van der Waals surface area contributed by atoms with Crippen LogP contribution in [-0.2, 0) is 6.54 Å². The molecule has 3 rings (SSSR count). The number of carbonyl (C=O) groups excluding carboxylic acids is 1. The smallest absolute Gasteiger partial charge is 0.269 e. The molecule has 4 nitrogen and oxygen atoms in total. The first-order valence-corrected chi connectivity index (χ1v) is 7.82. The highest BCUT2D eigenvalue weighted by molar-refractivity contribution is 6.31. The van der Waals surface area contributed by atoms with Gasteiger partial charge in [-0.2, -0.15) is 5.10 Å². The van der Waals surface area contributed by atoms with Gasteiger partial charge in [0.15, 0.2) is 0 Å². The molecule has 2 aromatic carbocycles. The molecule has 2 N–H and O–H groups in total. The first-order valence-electron chi connectivity index (χ1n) is 7.06. The van der Waals surface area contributed by atoms with Gasteiger partial charge in [0.2, 0.25) is 0 Å². The maximum absolute atomic E-state index is 13.0. The molecule has 0 unspecified atom stereocenters. The largest absolute Gasteiger partial charge is 0.347 e. The lowest BCUT2D eigenvalue weighted by Gasteiger charge is -2.05. The number of halogens is 3.